The summed E-state index contributed by atoms with van der Waals surface area (Å²) in [5, 5.41) is 258. The zero-order valence-corrected chi connectivity index (χ0v) is 47.1. The van der Waals surface area contributed by atoms with E-state index in [2.05, 4.69) is 5.32 Å². The van der Waals surface area contributed by atoms with E-state index in [1.54, 1.807) is 0 Å². The van der Waals surface area contributed by atoms with Crippen LogP contribution < -0.4 is 5.32 Å². The van der Waals surface area contributed by atoms with Gasteiger partial charge in [-0.3, -0.25) is 0 Å². The molecular weight excluding hydrogens is 1230 g/mol. The van der Waals surface area contributed by atoms with Crippen LogP contribution in [0.3, 0.4) is 0 Å². The Morgan fingerprint density at radius 3 is 0.640 bits per heavy atom. The summed E-state index contributed by atoms with van der Waals surface area (Å²) in [6, 6.07) is 0. The molecule has 22 heterocycles. The van der Waals surface area contributed by atoms with E-state index in [1.165, 1.54) is 0 Å². The molecule has 40 atom stereocenters. The van der Waals surface area contributed by atoms with Crippen molar-refractivity contribution in [3.63, 3.8) is 0 Å². The topological polar surface area (TPSA) is 625 Å². The van der Waals surface area contributed by atoms with Crippen molar-refractivity contribution in [2.75, 3.05) is 59.8 Å². The first-order chi connectivity index (χ1) is 42.4. The van der Waals surface area contributed by atoms with Gasteiger partial charge in [-0.15, -0.1) is 0 Å². The molecule has 22 rings (SSSR count). The lowest BCUT2D eigenvalue weighted by Gasteiger charge is -2.50. The number of nitrogens with one attached hydrogen (secondary N) is 1. The van der Waals surface area contributed by atoms with Gasteiger partial charge in [0.2, 0.25) is 0 Å². The van der Waals surface area contributed by atoms with Crippen LogP contribution in [-0.2, 0) is 75.8 Å². The standard InChI is InChI=1S/C49H83NO39/c1-74-42-27(66)19(58)18(57)10(75-42)2-50-3-11-35-20(59)28(67)43(76-11)84-36-12(4-51)78-45(30(69)22(36)61)86-38-14(6-53)80-47(32(71)24(38)63)88-40-16(8-55)82-49(34(73)26(40)65)89-41-17(9-56)81-48(33(72)25(41)64)87-39-15(7-54)79-46(31(70)23(39)62)85-37-13(5-52)77-44(83-35)29(68)21(37)60/h10-73H,2-9H2,1H3/t10-,11+,12-,13+,14-,15+,16-,17+,18+,19+,20-,21-,22-,23-,24+,25-,26-,27-,28-,29-,30+,31-,32+,33-,34-,35-,36-,37-,38-,39-,40-,41-,42+,43-,44-,45-,46-,47-,48-,49-/m1/s1. The first kappa shape index (κ1) is 71.7. The Bertz CT molecular complexity index is 2160. The fourth-order valence-electron chi connectivity index (χ4n) is 12.1. The summed E-state index contributed by atoms with van der Waals surface area (Å²) in [6.45, 7) is -7.45. The molecule has 0 aromatic heterocycles. The maximum Gasteiger partial charge on any atom is 0.187 e. The molecule has 518 valence electrons. The minimum Gasteiger partial charge on any atom is -0.394 e. The van der Waals surface area contributed by atoms with Crippen LogP contribution in [0.5, 0.6) is 0 Å². The molecule has 22 fully saturated rings. The van der Waals surface area contributed by atoms with Crippen molar-refractivity contribution in [3.05, 3.63) is 0 Å². The van der Waals surface area contributed by atoms with Gasteiger partial charge in [-0.05, 0) is 0 Å². The van der Waals surface area contributed by atoms with Crippen molar-refractivity contribution in [3.8, 4) is 0 Å². The van der Waals surface area contributed by atoms with E-state index < -0.39 is 298 Å². The summed E-state index contributed by atoms with van der Waals surface area (Å²) in [5.41, 5.74) is 0. The van der Waals surface area contributed by atoms with Crippen LogP contribution in [0.15, 0.2) is 0 Å². The van der Waals surface area contributed by atoms with Crippen LogP contribution in [0.25, 0.3) is 0 Å². The van der Waals surface area contributed by atoms with Crippen LogP contribution in [-0.4, -0.2) is 423 Å². The molecule has 22 aliphatic rings. The van der Waals surface area contributed by atoms with Gasteiger partial charge in [-0.25, -0.2) is 0 Å². The van der Waals surface area contributed by atoms with Gasteiger partial charge < -0.3 is 199 Å². The fourth-order valence-corrected chi connectivity index (χ4v) is 12.1. The average molecular weight is 1310 g/mol. The third-order valence-corrected chi connectivity index (χ3v) is 17.2. The van der Waals surface area contributed by atoms with E-state index in [4.69, 9.17) is 75.8 Å². The zero-order valence-electron chi connectivity index (χ0n) is 47.1. The second-order valence-electron chi connectivity index (χ2n) is 22.9. The maximum atomic E-state index is 11.9. The van der Waals surface area contributed by atoms with E-state index in [9.17, 15) is 117 Å². The highest BCUT2D eigenvalue weighted by atomic mass is 16.8. The van der Waals surface area contributed by atoms with Crippen LogP contribution in [0.4, 0.5) is 0 Å². The highest BCUT2D eigenvalue weighted by molar-refractivity contribution is 5.02. The monoisotopic (exact) mass is 1310 g/mol. The third-order valence-electron chi connectivity index (χ3n) is 17.2. The Kier molecular flexibility index (Phi) is 24.7. The Balaban J connectivity index is 1.01. The molecule has 40 heteroatoms. The minimum atomic E-state index is -2.28. The largest absolute Gasteiger partial charge is 0.394 e. The third kappa shape index (κ3) is 14.4. The van der Waals surface area contributed by atoms with E-state index in [0.717, 1.165) is 7.11 Å². The second-order valence-corrected chi connectivity index (χ2v) is 22.9. The molecule has 22 saturated heterocycles. The number of aliphatic hydroxyl groups is 23. The van der Waals surface area contributed by atoms with Crippen molar-refractivity contribution >= 4 is 0 Å². The van der Waals surface area contributed by atoms with E-state index >= 15 is 0 Å². The molecule has 89 heavy (non-hydrogen) atoms. The normalized spacial score (nSPS) is 54.7. The summed E-state index contributed by atoms with van der Waals surface area (Å²) in [6.07, 6.45) is -79.8. The summed E-state index contributed by atoms with van der Waals surface area (Å²) in [5.74, 6) is 0. The lowest BCUT2D eigenvalue weighted by molar-refractivity contribution is -0.396. The Hall–Kier alpha value is -1.60. The minimum absolute atomic E-state index is 0.410. The molecule has 0 aliphatic carbocycles. The number of methoxy groups -OCH3 is 1. The lowest BCUT2D eigenvalue weighted by Crippen LogP contribution is -2.68. The molecule has 0 unspecified atom stereocenters. The SMILES string of the molecule is CO[C@H]1O[C@H](CNC[C@@H]2O[C@@H]3O[C@H]4[C@H](O)[C@H](O)[C@@H](O[C@H]5[C@@H](O)[C@H](O)[C@@H](O[C@H]6[C@H](O)[C@@H](O)[C@@H](O[C@H]7[C@H](O)[C@@H](O)[C@@H](O[C@H]8[C@H](O)[C@@H](O)[C@@H](O[C@H]9[C@H](O)[C@@H](O)[C@@H](O[C@H]2[C@H](O)[C@H]3O)O[C@H]9CO)O[C@H]8CO)O[C@H]7CO)O[C@@H]6CO)O[C@@H]5CO)O[C@@H]4CO)[C@H](O)[C@H](O)[C@H]1O. The van der Waals surface area contributed by atoms with Crippen LogP contribution in [0.1, 0.15) is 0 Å². The molecular formula is C49H83NO39. The highest BCUT2D eigenvalue weighted by Gasteiger charge is 2.60. The molecule has 0 spiro atoms. The summed E-state index contributed by atoms with van der Waals surface area (Å²) >= 11 is 0. The second kappa shape index (κ2) is 30.6. The number of ether oxygens (including phenoxy) is 16. The van der Waals surface area contributed by atoms with Crippen molar-refractivity contribution in [1.82, 2.24) is 5.32 Å². The molecule has 0 amide bonds. The van der Waals surface area contributed by atoms with Crippen LogP contribution in [0.2, 0.25) is 0 Å². The van der Waals surface area contributed by atoms with Gasteiger partial charge in [-0.1, -0.05) is 0 Å². The number of aliphatic hydroxyl groups excluding tert-OH is 23. The van der Waals surface area contributed by atoms with Crippen molar-refractivity contribution in [2.45, 2.75) is 246 Å². The fraction of sp³-hybridized carbons (Fsp3) is 1.00. The lowest BCUT2D eigenvalue weighted by atomic mass is 9.95. The molecule has 14 bridgehead atoms. The maximum absolute atomic E-state index is 11.9. The van der Waals surface area contributed by atoms with Gasteiger partial charge >= 0.3 is 0 Å². The first-order valence-corrected chi connectivity index (χ1v) is 28.6. The molecule has 22 aliphatic heterocycles. The number of rotatable bonds is 11. The molecule has 24 N–H and O–H groups in total. The van der Waals surface area contributed by atoms with E-state index in [0.29, 0.717) is 0 Å². The molecule has 40 nitrogen and oxygen atoms in total. The predicted molar refractivity (Wildman–Crippen MR) is 268 cm³/mol. The first-order valence-electron chi connectivity index (χ1n) is 28.6. The Morgan fingerprint density at radius 2 is 0.427 bits per heavy atom. The predicted octanol–water partition coefficient (Wildman–Crippen LogP) is -17.2. The van der Waals surface area contributed by atoms with Crippen LogP contribution >= 0.6 is 0 Å². The van der Waals surface area contributed by atoms with Crippen molar-refractivity contribution in [1.29, 1.82) is 0 Å². The zero-order chi connectivity index (χ0) is 64.8. The smallest absolute Gasteiger partial charge is 0.187 e. The molecule has 0 aromatic carbocycles. The summed E-state index contributed by atoms with van der Waals surface area (Å²) in [7, 11) is 1.14. The molecule has 0 aromatic rings. The number of hydrogen-bond acceptors (Lipinski definition) is 40. The van der Waals surface area contributed by atoms with Gasteiger partial charge in [0, 0.05) is 20.2 Å². The molecule has 0 saturated carbocycles. The van der Waals surface area contributed by atoms with Gasteiger partial charge in [0.1, 0.15) is 195 Å². The molecule has 0 radical (unpaired) electrons. The highest BCUT2D eigenvalue weighted by Crippen LogP contribution is 2.39. The van der Waals surface area contributed by atoms with Crippen LogP contribution in [0, 0.1) is 0 Å². The Labute approximate surface area is 503 Å². The Morgan fingerprint density at radius 1 is 0.225 bits per heavy atom. The van der Waals surface area contributed by atoms with Gasteiger partial charge in [0.05, 0.1) is 39.6 Å². The van der Waals surface area contributed by atoms with Gasteiger partial charge in [0.15, 0.2) is 50.3 Å². The van der Waals surface area contributed by atoms with E-state index in [-0.39, 0.29) is 0 Å². The average Bonchev–Trinajstić information content (AvgIpc) is 2.63. The van der Waals surface area contributed by atoms with Gasteiger partial charge in [-0.2, -0.15) is 0 Å². The quantitative estimate of drug-likeness (QED) is 0.0913. The number of hydrogen-bond donors (Lipinski definition) is 24. The van der Waals surface area contributed by atoms with Crippen molar-refractivity contribution < 1.29 is 193 Å². The summed E-state index contributed by atoms with van der Waals surface area (Å²) in [4.78, 5) is 0. The van der Waals surface area contributed by atoms with E-state index in [1.807, 2.05) is 0 Å². The van der Waals surface area contributed by atoms with Gasteiger partial charge in [0.25, 0.3) is 0 Å². The summed E-state index contributed by atoms with van der Waals surface area (Å²) < 4.78 is 91.7. The van der Waals surface area contributed by atoms with Crippen molar-refractivity contribution in [2.24, 2.45) is 0 Å².